The third-order valence-corrected chi connectivity index (χ3v) is 4.69. The second-order valence-electron chi connectivity index (χ2n) is 6.28. The quantitative estimate of drug-likeness (QED) is 0.810. The van der Waals surface area contributed by atoms with Crippen molar-refractivity contribution in [3.63, 3.8) is 0 Å². The van der Waals surface area contributed by atoms with Crippen LogP contribution in [-0.4, -0.2) is 37.1 Å². The standard InChI is InChI=1S/C15H30N2/c1-3-17-9-5-8-15(12-17)16-11-14-7-4-6-13(2)10-14/h13-16H,3-12H2,1-2H3. The molecule has 2 nitrogen and oxygen atoms in total. The largest absolute Gasteiger partial charge is 0.312 e. The molecule has 3 unspecified atom stereocenters. The predicted molar refractivity (Wildman–Crippen MR) is 74.3 cm³/mol. The average Bonchev–Trinajstić information content (AvgIpc) is 2.37. The summed E-state index contributed by atoms with van der Waals surface area (Å²) in [6.07, 6.45) is 8.60. The van der Waals surface area contributed by atoms with E-state index in [0.29, 0.717) is 0 Å². The van der Waals surface area contributed by atoms with Crippen molar-refractivity contribution in [2.45, 2.75) is 58.4 Å². The number of hydrogen-bond acceptors (Lipinski definition) is 2. The molecule has 1 heterocycles. The van der Waals surface area contributed by atoms with E-state index in [1.807, 2.05) is 0 Å². The Labute approximate surface area is 107 Å². The summed E-state index contributed by atoms with van der Waals surface area (Å²) in [4.78, 5) is 2.59. The molecule has 0 bridgehead atoms. The number of likely N-dealkylation sites (tertiary alicyclic amines) is 1. The van der Waals surface area contributed by atoms with Gasteiger partial charge >= 0.3 is 0 Å². The molecule has 2 heteroatoms. The third kappa shape index (κ3) is 4.26. The first kappa shape index (κ1) is 13.4. The monoisotopic (exact) mass is 238 g/mol. The molecule has 1 N–H and O–H groups in total. The van der Waals surface area contributed by atoms with E-state index in [-0.39, 0.29) is 0 Å². The highest BCUT2D eigenvalue weighted by molar-refractivity contribution is 4.80. The molecule has 2 rings (SSSR count). The molecule has 0 aromatic rings. The summed E-state index contributed by atoms with van der Waals surface area (Å²) in [7, 11) is 0. The SMILES string of the molecule is CCN1CCCC(NCC2CCCC(C)C2)C1. The fourth-order valence-corrected chi connectivity index (χ4v) is 3.59. The molecule has 17 heavy (non-hydrogen) atoms. The fourth-order valence-electron chi connectivity index (χ4n) is 3.59. The van der Waals surface area contributed by atoms with Gasteiger partial charge in [0.05, 0.1) is 0 Å². The smallest absolute Gasteiger partial charge is 0.0195 e. The van der Waals surface area contributed by atoms with Crippen LogP contribution in [0, 0.1) is 11.8 Å². The molecule has 1 aliphatic carbocycles. The Bertz CT molecular complexity index is 217. The summed E-state index contributed by atoms with van der Waals surface area (Å²) in [6, 6.07) is 0.765. The van der Waals surface area contributed by atoms with E-state index in [2.05, 4.69) is 24.1 Å². The minimum Gasteiger partial charge on any atom is -0.312 e. The highest BCUT2D eigenvalue weighted by Gasteiger charge is 2.22. The van der Waals surface area contributed by atoms with Gasteiger partial charge in [-0.15, -0.1) is 0 Å². The van der Waals surface area contributed by atoms with Gasteiger partial charge in [0.15, 0.2) is 0 Å². The van der Waals surface area contributed by atoms with Crippen LogP contribution >= 0.6 is 0 Å². The lowest BCUT2D eigenvalue weighted by molar-refractivity contribution is 0.186. The first-order chi connectivity index (χ1) is 8.28. The number of likely N-dealkylation sites (N-methyl/N-ethyl adjacent to an activating group) is 1. The van der Waals surface area contributed by atoms with Gasteiger partial charge in [-0.2, -0.15) is 0 Å². The number of nitrogens with zero attached hydrogens (tertiary/aromatic N) is 1. The maximum atomic E-state index is 3.83. The van der Waals surface area contributed by atoms with Crippen LogP contribution in [0.1, 0.15) is 52.4 Å². The molecule has 0 aromatic carbocycles. The number of piperidine rings is 1. The van der Waals surface area contributed by atoms with Crippen molar-refractivity contribution in [3.05, 3.63) is 0 Å². The molecule has 0 spiro atoms. The van der Waals surface area contributed by atoms with Crippen LogP contribution in [-0.2, 0) is 0 Å². The number of rotatable bonds is 4. The van der Waals surface area contributed by atoms with Gasteiger partial charge in [-0.25, -0.2) is 0 Å². The van der Waals surface area contributed by atoms with Crippen LogP contribution in [0.15, 0.2) is 0 Å². The Balaban J connectivity index is 1.66. The van der Waals surface area contributed by atoms with Crippen molar-refractivity contribution in [3.8, 4) is 0 Å². The molecule has 2 fully saturated rings. The van der Waals surface area contributed by atoms with E-state index in [1.54, 1.807) is 0 Å². The second kappa shape index (κ2) is 6.75. The Morgan fingerprint density at radius 3 is 2.82 bits per heavy atom. The number of nitrogens with one attached hydrogen (secondary N) is 1. The van der Waals surface area contributed by atoms with Crippen LogP contribution in [0.5, 0.6) is 0 Å². The summed E-state index contributed by atoms with van der Waals surface area (Å²) in [6.45, 7) is 9.79. The molecule has 1 saturated carbocycles. The van der Waals surface area contributed by atoms with Crippen molar-refractivity contribution < 1.29 is 0 Å². The van der Waals surface area contributed by atoms with Crippen LogP contribution in [0.3, 0.4) is 0 Å². The lowest BCUT2D eigenvalue weighted by Crippen LogP contribution is -2.47. The summed E-state index contributed by atoms with van der Waals surface area (Å²) < 4.78 is 0. The van der Waals surface area contributed by atoms with Gasteiger partial charge in [-0.3, -0.25) is 0 Å². The van der Waals surface area contributed by atoms with E-state index < -0.39 is 0 Å². The van der Waals surface area contributed by atoms with E-state index >= 15 is 0 Å². The molecule has 2 aliphatic rings. The lowest BCUT2D eigenvalue weighted by Gasteiger charge is -2.34. The molecule has 0 radical (unpaired) electrons. The average molecular weight is 238 g/mol. The van der Waals surface area contributed by atoms with Gasteiger partial charge in [-0.05, 0) is 57.2 Å². The Hall–Kier alpha value is -0.0800. The molecule has 100 valence electrons. The fraction of sp³-hybridized carbons (Fsp3) is 1.00. The molecule has 0 aromatic heterocycles. The van der Waals surface area contributed by atoms with Gasteiger partial charge in [0.2, 0.25) is 0 Å². The molecule has 1 saturated heterocycles. The number of hydrogen-bond donors (Lipinski definition) is 1. The Kier molecular flexibility index (Phi) is 5.30. The van der Waals surface area contributed by atoms with Crippen molar-refractivity contribution >= 4 is 0 Å². The Morgan fingerprint density at radius 1 is 1.18 bits per heavy atom. The topological polar surface area (TPSA) is 15.3 Å². The van der Waals surface area contributed by atoms with Crippen LogP contribution in [0.4, 0.5) is 0 Å². The first-order valence-electron chi connectivity index (χ1n) is 7.73. The molecule has 3 atom stereocenters. The zero-order valence-corrected chi connectivity index (χ0v) is 11.8. The van der Waals surface area contributed by atoms with Gasteiger partial charge in [0.25, 0.3) is 0 Å². The van der Waals surface area contributed by atoms with Crippen molar-refractivity contribution in [2.75, 3.05) is 26.2 Å². The minimum absolute atomic E-state index is 0.765. The second-order valence-corrected chi connectivity index (χ2v) is 6.28. The maximum Gasteiger partial charge on any atom is 0.0195 e. The van der Waals surface area contributed by atoms with Crippen molar-refractivity contribution in [1.82, 2.24) is 10.2 Å². The van der Waals surface area contributed by atoms with E-state index in [9.17, 15) is 0 Å². The van der Waals surface area contributed by atoms with Gasteiger partial charge in [0, 0.05) is 12.6 Å². The van der Waals surface area contributed by atoms with Gasteiger partial charge in [-0.1, -0.05) is 26.7 Å². The molecular weight excluding hydrogens is 208 g/mol. The normalized spacial score (nSPS) is 36.0. The van der Waals surface area contributed by atoms with Crippen LogP contribution < -0.4 is 5.32 Å². The molecule has 0 amide bonds. The van der Waals surface area contributed by atoms with E-state index in [0.717, 1.165) is 17.9 Å². The summed E-state index contributed by atoms with van der Waals surface area (Å²) in [5, 5.41) is 3.83. The Morgan fingerprint density at radius 2 is 2.06 bits per heavy atom. The van der Waals surface area contributed by atoms with E-state index in [4.69, 9.17) is 0 Å². The zero-order chi connectivity index (χ0) is 12.1. The third-order valence-electron chi connectivity index (χ3n) is 4.69. The van der Waals surface area contributed by atoms with Crippen LogP contribution in [0.2, 0.25) is 0 Å². The van der Waals surface area contributed by atoms with E-state index in [1.165, 1.54) is 64.7 Å². The first-order valence-corrected chi connectivity index (χ1v) is 7.73. The summed E-state index contributed by atoms with van der Waals surface area (Å²) >= 11 is 0. The zero-order valence-electron chi connectivity index (χ0n) is 11.8. The lowest BCUT2D eigenvalue weighted by atomic mass is 9.82. The minimum atomic E-state index is 0.765. The summed E-state index contributed by atoms with van der Waals surface area (Å²) in [5.41, 5.74) is 0. The van der Waals surface area contributed by atoms with Crippen molar-refractivity contribution in [1.29, 1.82) is 0 Å². The maximum absolute atomic E-state index is 3.83. The highest BCUT2D eigenvalue weighted by atomic mass is 15.2. The molecular formula is C15H30N2. The van der Waals surface area contributed by atoms with Crippen molar-refractivity contribution in [2.24, 2.45) is 11.8 Å². The van der Waals surface area contributed by atoms with Gasteiger partial charge < -0.3 is 10.2 Å². The predicted octanol–water partition coefficient (Wildman–Crippen LogP) is 2.89. The highest BCUT2D eigenvalue weighted by Crippen LogP contribution is 2.28. The van der Waals surface area contributed by atoms with Gasteiger partial charge in [0.1, 0.15) is 0 Å². The molecule has 1 aliphatic heterocycles. The summed E-state index contributed by atoms with van der Waals surface area (Å²) in [5.74, 6) is 1.92. The van der Waals surface area contributed by atoms with Crippen LogP contribution in [0.25, 0.3) is 0 Å².